The minimum atomic E-state index is 0.511. The predicted molar refractivity (Wildman–Crippen MR) is 69.4 cm³/mol. The van der Waals surface area contributed by atoms with Crippen molar-refractivity contribution < 1.29 is 4.42 Å². The van der Waals surface area contributed by atoms with Gasteiger partial charge in [0.25, 0.3) is 0 Å². The van der Waals surface area contributed by atoms with Gasteiger partial charge in [0.05, 0.1) is 0 Å². The average molecular weight is 263 g/mol. The zero-order valence-electron chi connectivity index (χ0n) is 9.48. The summed E-state index contributed by atoms with van der Waals surface area (Å²) < 4.78 is 5.26. The van der Waals surface area contributed by atoms with E-state index in [-0.39, 0.29) is 0 Å². The number of nitrogens with two attached hydrogens (primary N) is 1. The maximum Gasteiger partial charge on any atom is 0.181 e. The minimum absolute atomic E-state index is 0.511. The van der Waals surface area contributed by atoms with Gasteiger partial charge in [0, 0.05) is 12.0 Å². The second-order valence-corrected chi connectivity index (χ2v) is 4.30. The normalized spacial score (nSPS) is 11.2. The van der Waals surface area contributed by atoms with Gasteiger partial charge in [-0.05, 0) is 18.7 Å². The van der Waals surface area contributed by atoms with Gasteiger partial charge in [0.1, 0.15) is 22.2 Å². The molecular formula is C12H11ClN4O. The van der Waals surface area contributed by atoms with Gasteiger partial charge in [0.15, 0.2) is 12.0 Å². The molecule has 0 aliphatic rings. The van der Waals surface area contributed by atoms with Crippen LogP contribution in [0.4, 0.5) is 0 Å². The van der Waals surface area contributed by atoms with Crippen LogP contribution >= 0.6 is 11.6 Å². The zero-order chi connectivity index (χ0) is 12.5. The fourth-order valence-corrected chi connectivity index (χ4v) is 2.11. The van der Waals surface area contributed by atoms with Gasteiger partial charge in [-0.15, -0.1) is 0 Å². The maximum absolute atomic E-state index is 6.14. The van der Waals surface area contributed by atoms with Crippen molar-refractivity contribution in [2.24, 2.45) is 5.73 Å². The highest BCUT2D eigenvalue weighted by atomic mass is 35.5. The van der Waals surface area contributed by atoms with E-state index in [0.29, 0.717) is 29.4 Å². The third kappa shape index (κ3) is 1.87. The summed E-state index contributed by atoms with van der Waals surface area (Å²) in [5, 5.41) is 0.511. The summed E-state index contributed by atoms with van der Waals surface area (Å²) in [4.78, 5) is 11.5. The Hall–Kier alpha value is -1.85. The van der Waals surface area contributed by atoms with Gasteiger partial charge < -0.3 is 15.1 Å². The Morgan fingerprint density at radius 3 is 3.11 bits per heavy atom. The number of aromatic nitrogens is 3. The standard InChI is InChI=1S/C12H11ClN4O/c13-12-11(16-10(17-12)3-4-14)7-1-2-8-9(5-7)18-6-15-8/h1-2,5-6H,3-4,14H2,(H,16,17). The van der Waals surface area contributed by atoms with Crippen LogP contribution in [-0.4, -0.2) is 21.5 Å². The summed E-state index contributed by atoms with van der Waals surface area (Å²) in [5.41, 5.74) is 8.62. The molecule has 0 bridgehead atoms. The predicted octanol–water partition coefficient (Wildman–Crippen LogP) is 2.37. The van der Waals surface area contributed by atoms with Crippen molar-refractivity contribution in [3.05, 3.63) is 35.6 Å². The highest BCUT2D eigenvalue weighted by Crippen LogP contribution is 2.28. The first kappa shape index (κ1) is 11.3. The van der Waals surface area contributed by atoms with E-state index in [2.05, 4.69) is 15.0 Å². The van der Waals surface area contributed by atoms with Crippen molar-refractivity contribution in [1.29, 1.82) is 0 Å². The topological polar surface area (TPSA) is 80.7 Å². The Morgan fingerprint density at radius 2 is 2.28 bits per heavy atom. The van der Waals surface area contributed by atoms with E-state index in [4.69, 9.17) is 21.8 Å². The fraction of sp³-hybridized carbons (Fsp3) is 0.167. The summed E-state index contributed by atoms with van der Waals surface area (Å²) in [7, 11) is 0. The van der Waals surface area contributed by atoms with E-state index in [9.17, 15) is 0 Å². The third-order valence-electron chi connectivity index (χ3n) is 2.69. The van der Waals surface area contributed by atoms with Crippen LogP contribution in [-0.2, 0) is 6.42 Å². The molecule has 6 heteroatoms. The number of halogens is 1. The Kier molecular flexibility index (Phi) is 2.77. The lowest BCUT2D eigenvalue weighted by Gasteiger charge is -1.96. The van der Waals surface area contributed by atoms with Crippen molar-refractivity contribution in [1.82, 2.24) is 15.0 Å². The second kappa shape index (κ2) is 4.44. The first-order valence-corrected chi connectivity index (χ1v) is 5.94. The Bertz CT molecular complexity index is 688. The van der Waals surface area contributed by atoms with Crippen LogP contribution in [0.5, 0.6) is 0 Å². The molecule has 0 radical (unpaired) electrons. The smallest absolute Gasteiger partial charge is 0.181 e. The van der Waals surface area contributed by atoms with Crippen LogP contribution in [0.2, 0.25) is 5.15 Å². The third-order valence-corrected chi connectivity index (χ3v) is 2.97. The number of benzene rings is 1. The zero-order valence-corrected chi connectivity index (χ0v) is 10.2. The van der Waals surface area contributed by atoms with Gasteiger partial charge in [-0.25, -0.2) is 9.97 Å². The molecule has 0 atom stereocenters. The summed E-state index contributed by atoms with van der Waals surface area (Å²) in [6.07, 6.45) is 2.09. The molecule has 3 aromatic rings. The average Bonchev–Trinajstić information content (AvgIpc) is 2.95. The highest BCUT2D eigenvalue weighted by molar-refractivity contribution is 6.32. The molecule has 2 aromatic heterocycles. The molecule has 0 fully saturated rings. The van der Waals surface area contributed by atoms with Gasteiger partial charge in [-0.2, -0.15) is 0 Å². The molecule has 0 spiro atoms. The van der Waals surface area contributed by atoms with Crippen LogP contribution in [0.1, 0.15) is 5.82 Å². The van der Waals surface area contributed by atoms with E-state index in [1.54, 1.807) is 0 Å². The van der Waals surface area contributed by atoms with Crippen LogP contribution in [0.3, 0.4) is 0 Å². The van der Waals surface area contributed by atoms with Crippen molar-refractivity contribution in [2.45, 2.75) is 6.42 Å². The van der Waals surface area contributed by atoms with Crippen LogP contribution in [0.15, 0.2) is 29.0 Å². The van der Waals surface area contributed by atoms with Gasteiger partial charge in [0.2, 0.25) is 0 Å². The molecule has 18 heavy (non-hydrogen) atoms. The molecule has 5 nitrogen and oxygen atoms in total. The lowest BCUT2D eigenvalue weighted by Crippen LogP contribution is -2.03. The largest absolute Gasteiger partial charge is 0.443 e. The van der Waals surface area contributed by atoms with Crippen LogP contribution < -0.4 is 5.73 Å². The molecule has 0 aliphatic heterocycles. The van der Waals surface area contributed by atoms with Crippen molar-refractivity contribution in [2.75, 3.05) is 6.54 Å². The molecule has 0 amide bonds. The number of aromatic amines is 1. The van der Waals surface area contributed by atoms with Gasteiger partial charge in [-0.3, -0.25) is 0 Å². The summed E-state index contributed by atoms with van der Waals surface area (Å²) in [6.45, 7) is 0.532. The van der Waals surface area contributed by atoms with Crippen LogP contribution in [0.25, 0.3) is 22.4 Å². The molecule has 0 unspecified atom stereocenters. The second-order valence-electron chi connectivity index (χ2n) is 3.92. The number of H-pyrrole nitrogens is 1. The quantitative estimate of drug-likeness (QED) is 0.759. The molecule has 3 N–H and O–H groups in total. The Labute approximate surface area is 108 Å². The summed E-state index contributed by atoms with van der Waals surface area (Å²) in [5.74, 6) is 0.787. The van der Waals surface area contributed by atoms with E-state index in [1.165, 1.54) is 6.39 Å². The van der Waals surface area contributed by atoms with Gasteiger partial charge >= 0.3 is 0 Å². The number of nitrogens with zero attached hydrogens (tertiary/aromatic N) is 2. The molecule has 3 rings (SSSR count). The Morgan fingerprint density at radius 1 is 1.39 bits per heavy atom. The van der Waals surface area contributed by atoms with Gasteiger partial charge in [-0.1, -0.05) is 17.7 Å². The molecule has 1 aromatic carbocycles. The van der Waals surface area contributed by atoms with Crippen molar-refractivity contribution in [3.63, 3.8) is 0 Å². The minimum Gasteiger partial charge on any atom is -0.443 e. The number of hydrogen-bond donors (Lipinski definition) is 2. The highest BCUT2D eigenvalue weighted by Gasteiger charge is 2.11. The van der Waals surface area contributed by atoms with E-state index < -0.39 is 0 Å². The molecule has 0 saturated heterocycles. The molecule has 92 valence electrons. The molecular weight excluding hydrogens is 252 g/mol. The Balaban J connectivity index is 2.07. The SMILES string of the molecule is NCCc1nc(-c2ccc3ncoc3c2)c(Cl)[nH]1. The number of hydrogen-bond acceptors (Lipinski definition) is 4. The first-order valence-electron chi connectivity index (χ1n) is 5.56. The fourth-order valence-electron chi connectivity index (χ4n) is 1.85. The monoisotopic (exact) mass is 262 g/mol. The lowest BCUT2D eigenvalue weighted by molar-refractivity contribution is 0.602. The number of nitrogens with one attached hydrogen (secondary N) is 1. The lowest BCUT2D eigenvalue weighted by atomic mass is 10.1. The van der Waals surface area contributed by atoms with Crippen molar-refractivity contribution >= 4 is 22.7 Å². The maximum atomic E-state index is 6.14. The number of rotatable bonds is 3. The molecule has 0 aliphatic carbocycles. The summed E-state index contributed by atoms with van der Waals surface area (Å²) in [6, 6.07) is 5.66. The number of imidazole rings is 1. The molecule has 2 heterocycles. The summed E-state index contributed by atoms with van der Waals surface area (Å²) >= 11 is 6.14. The van der Waals surface area contributed by atoms with E-state index >= 15 is 0 Å². The van der Waals surface area contributed by atoms with Crippen LogP contribution in [0, 0.1) is 0 Å². The number of fused-ring (bicyclic) bond motifs is 1. The first-order chi connectivity index (χ1) is 8.78. The van der Waals surface area contributed by atoms with Crippen molar-refractivity contribution in [3.8, 4) is 11.3 Å². The van der Waals surface area contributed by atoms with E-state index in [1.807, 2.05) is 18.2 Å². The number of oxazole rings is 1. The van der Waals surface area contributed by atoms with E-state index in [0.717, 1.165) is 16.9 Å². The molecule has 0 saturated carbocycles.